The molecule has 1 aliphatic heterocycles. The number of azide groups is 2. The van der Waals surface area contributed by atoms with Crippen molar-refractivity contribution in [1.29, 1.82) is 0 Å². The van der Waals surface area contributed by atoms with Gasteiger partial charge in [-0.05, 0) is 31.0 Å². The number of nitrogens with one attached hydrogen (secondary N) is 1. The number of esters is 1. The molecule has 1 aliphatic rings. The summed E-state index contributed by atoms with van der Waals surface area (Å²) in [5.74, 6) is -1.82. The maximum absolute atomic E-state index is 15.0. The van der Waals surface area contributed by atoms with Gasteiger partial charge in [-0.25, -0.2) is 19.0 Å². The van der Waals surface area contributed by atoms with Crippen molar-refractivity contribution in [2.45, 2.75) is 32.8 Å². The second-order valence-corrected chi connectivity index (χ2v) is 8.02. The predicted molar refractivity (Wildman–Crippen MR) is 131 cm³/mol. The molecular formula is C21H25FN10O6. The van der Waals surface area contributed by atoms with E-state index in [-0.39, 0.29) is 29.9 Å². The van der Waals surface area contributed by atoms with Crippen molar-refractivity contribution in [2.24, 2.45) is 10.2 Å². The number of nitrogens with zero attached hydrogens (tertiary/aromatic N) is 9. The van der Waals surface area contributed by atoms with Gasteiger partial charge < -0.3 is 29.0 Å². The number of carbonyl (C=O) groups excluding carboxylic acids is 2. The van der Waals surface area contributed by atoms with Gasteiger partial charge in [0, 0.05) is 48.7 Å². The van der Waals surface area contributed by atoms with Crippen molar-refractivity contribution in [3.63, 3.8) is 0 Å². The molecule has 0 aliphatic carbocycles. The first kappa shape index (κ1) is 28.0. The van der Waals surface area contributed by atoms with Crippen molar-refractivity contribution in [3.8, 4) is 0 Å². The monoisotopic (exact) mass is 532 g/mol. The van der Waals surface area contributed by atoms with E-state index in [1.54, 1.807) is 11.8 Å². The maximum atomic E-state index is 15.0. The van der Waals surface area contributed by atoms with Crippen LogP contribution in [0.4, 0.5) is 15.0 Å². The van der Waals surface area contributed by atoms with Crippen LogP contribution < -0.4 is 15.6 Å². The van der Waals surface area contributed by atoms with Gasteiger partial charge in [0.15, 0.2) is 11.6 Å². The molecule has 202 valence electrons. The zero-order valence-corrected chi connectivity index (χ0v) is 20.6. The van der Waals surface area contributed by atoms with Crippen LogP contribution >= 0.6 is 0 Å². The minimum Gasteiger partial charge on any atom is -0.431 e. The normalized spacial score (nSPS) is 14.6. The van der Waals surface area contributed by atoms with Crippen LogP contribution in [0, 0.1) is 5.82 Å². The Morgan fingerprint density at radius 2 is 1.87 bits per heavy atom. The molecule has 1 N–H and O–H groups in total. The number of carbonyl (C=O) groups is 2. The molecule has 2 unspecified atom stereocenters. The van der Waals surface area contributed by atoms with E-state index in [9.17, 15) is 18.8 Å². The van der Waals surface area contributed by atoms with Crippen molar-refractivity contribution in [3.05, 3.63) is 54.8 Å². The summed E-state index contributed by atoms with van der Waals surface area (Å²) in [5.41, 5.74) is 15.8. The van der Waals surface area contributed by atoms with Gasteiger partial charge in [-0.3, -0.25) is 4.79 Å². The summed E-state index contributed by atoms with van der Waals surface area (Å²) in [6, 6.07) is 1.03. The lowest BCUT2D eigenvalue weighted by Crippen LogP contribution is -2.44. The van der Waals surface area contributed by atoms with E-state index in [4.69, 9.17) is 25.3 Å². The summed E-state index contributed by atoms with van der Waals surface area (Å²) < 4.78 is 31.3. The summed E-state index contributed by atoms with van der Waals surface area (Å²) in [4.78, 5) is 49.3. The average Bonchev–Trinajstić information content (AvgIpc) is 2.91. The molecule has 1 saturated heterocycles. The summed E-state index contributed by atoms with van der Waals surface area (Å²) in [6.07, 6.45) is -2.69. The van der Waals surface area contributed by atoms with Crippen LogP contribution in [-0.2, 0) is 20.8 Å². The quantitative estimate of drug-likeness (QED) is 0.156. The Morgan fingerprint density at radius 1 is 1.18 bits per heavy atom. The Kier molecular flexibility index (Phi) is 9.65. The van der Waals surface area contributed by atoms with Crippen LogP contribution in [0.3, 0.4) is 0 Å². The molecule has 1 fully saturated rings. The molecular weight excluding hydrogens is 507 g/mol. The van der Waals surface area contributed by atoms with Gasteiger partial charge in [-0.2, -0.15) is 0 Å². The second-order valence-electron chi connectivity index (χ2n) is 8.02. The fraction of sp³-hybridized carbons (Fsp3) is 0.524. The van der Waals surface area contributed by atoms with Crippen LogP contribution in [0.15, 0.2) is 27.3 Å². The lowest BCUT2D eigenvalue weighted by atomic mass is 10.1. The van der Waals surface area contributed by atoms with Gasteiger partial charge in [-0.1, -0.05) is 10.2 Å². The number of rotatable bonds is 10. The van der Waals surface area contributed by atoms with Gasteiger partial charge in [0.25, 0.3) is 6.29 Å². The molecule has 38 heavy (non-hydrogen) atoms. The Hall–Kier alpha value is -4.59. The van der Waals surface area contributed by atoms with Gasteiger partial charge in [0.1, 0.15) is 23.9 Å². The van der Waals surface area contributed by atoms with Crippen molar-refractivity contribution < 1.29 is 28.2 Å². The third-order valence-corrected chi connectivity index (χ3v) is 5.42. The van der Waals surface area contributed by atoms with Crippen LogP contribution in [0.25, 0.3) is 31.9 Å². The van der Waals surface area contributed by atoms with E-state index in [2.05, 4.69) is 30.4 Å². The first-order chi connectivity index (χ1) is 18.3. The van der Waals surface area contributed by atoms with Crippen molar-refractivity contribution >= 4 is 29.0 Å². The first-order valence-electron chi connectivity index (χ1n) is 11.6. The standard InChI is InChI=1S/C21H25FN10O6/c1-3-31-11-14(17(33)13-8-15(22)19(28-18(13)31)32-6-4-25-5-7-32)20(34)37-16(10-27-30-24)38-21(35)36-12(2)9-26-29-23/h8,11-12,16,25H,3-7,9-10H2,1-2H3. The van der Waals surface area contributed by atoms with E-state index >= 15 is 0 Å². The highest BCUT2D eigenvalue weighted by Crippen LogP contribution is 2.22. The summed E-state index contributed by atoms with van der Waals surface area (Å²) >= 11 is 0. The molecule has 2 aromatic heterocycles. The number of aryl methyl sites for hydroxylation is 1. The Bertz CT molecular complexity index is 1350. The molecule has 16 nitrogen and oxygen atoms in total. The second kappa shape index (κ2) is 13.1. The molecule has 3 rings (SSSR count). The number of ether oxygens (including phenoxy) is 3. The number of anilines is 1. The summed E-state index contributed by atoms with van der Waals surface area (Å²) in [7, 11) is 0. The zero-order valence-electron chi connectivity index (χ0n) is 20.6. The van der Waals surface area contributed by atoms with E-state index in [0.717, 1.165) is 6.07 Å². The summed E-state index contributed by atoms with van der Waals surface area (Å²) in [5, 5.41) is 9.50. The zero-order chi connectivity index (χ0) is 27.7. The number of pyridine rings is 2. The molecule has 0 aromatic carbocycles. The maximum Gasteiger partial charge on any atom is 0.511 e. The van der Waals surface area contributed by atoms with Gasteiger partial charge in [0.2, 0.25) is 5.43 Å². The number of hydrogen-bond acceptors (Lipinski definition) is 11. The highest BCUT2D eigenvalue weighted by Gasteiger charge is 2.26. The van der Waals surface area contributed by atoms with Crippen LogP contribution in [0.1, 0.15) is 24.2 Å². The summed E-state index contributed by atoms with van der Waals surface area (Å²) in [6.45, 7) is 5.04. The molecule has 2 atom stereocenters. The third kappa shape index (κ3) is 6.79. The van der Waals surface area contributed by atoms with Crippen molar-refractivity contribution in [2.75, 3.05) is 44.2 Å². The van der Waals surface area contributed by atoms with Crippen LogP contribution in [0.5, 0.6) is 0 Å². The molecule has 3 heterocycles. The number of aromatic nitrogens is 2. The molecule has 0 amide bonds. The molecule has 17 heteroatoms. The van der Waals surface area contributed by atoms with E-state index in [0.29, 0.717) is 26.2 Å². The molecule has 0 bridgehead atoms. The van der Waals surface area contributed by atoms with Crippen LogP contribution in [0.2, 0.25) is 0 Å². The molecule has 0 saturated carbocycles. The smallest absolute Gasteiger partial charge is 0.431 e. The lowest BCUT2D eigenvalue weighted by Gasteiger charge is -2.29. The Morgan fingerprint density at radius 3 is 2.53 bits per heavy atom. The van der Waals surface area contributed by atoms with Crippen molar-refractivity contribution in [1.82, 2.24) is 14.9 Å². The fourth-order valence-electron chi connectivity index (χ4n) is 3.63. The highest BCUT2D eigenvalue weighted by atomic mass is 19.1. The first-order valence-corrected chi connectivity index (χ1v) is 11.6. The Labute approximate surface area is 214 Å². The molecule has 0 spiro atoms. The minimum absolute atomic E-state index is 0.104. The van der Waals surface area contributed by atoms with Gasteiger partial charge >= 0.3 is 12.1 Å². The number of halogens is 1. The average molecular weight is 532 g/mol. The van der Waals surface area contributed by atoms with Gasteiger partial charge in [0.05, 0.1) is 11.9 Å². The highest BCUT2D eigenvalue weighted by molar-refractivity contribution is 5.93. The van der Waals surface area contributed by atoms with E-state index in [1.165, 1.54) is 17.7 Å². The molecule has 0 radical (unpaired) electrons. The topological polar surface area (TPSA) is 210 Å². The largest absolute Gasteiger partial charge is 0.511 e. The fourth-order valence-corrected chi connectivity index (χ4v) is 3.63. The number of fused-ring (bicyclic) bond motifs is 1. The van der Waals surface area contributed by atoms with E-state index < -0.39 is 47.9 Å². The molecule has 2 aromatic rings. The Balaban J connectivity index is 1.88. The lowest BCUT2D eigenvalue weighted by molar-refractivity contribution is -0.0917. The van der Waals surface area contributed by atoms with Gasteiger partial charge in [-0.15, -0.1) is 0 Å². The SMILES string of the molecule is CCn1cc(C(=O)OC(CN=[N+]=[N-])OC(=O)OC(C)CN=[N+]=[N-])c(=O)c2cc(F)c(N3CCNCC3)nc21. The number of hydrogen-bond donors (Lipinski definition) is 1. The minimum atomic E-state index is -1.74. The van der Waals surface area contributed by atoms with E-state index in [1.807, 2.05) is 0 Å². The third-order valence-electron chi connectivity index (χ3n) is 5.42. The van der Waals surface area contributed by atoms with Crippen LogP contribution in [-0.4, -0.2) is 73.3 Å². The number of piperazine rings is 1. The predicted octanol–water partition coefficient (Wildman–Crippen LogP) is 2.61.